The van der Waals surface area contributed by atoms with Gasteiger partial charge >= 0.3 is 0 Å². The lowest BCUT2D eigenvalue weighted by Gasteiger charge is -2.10. The van der Waals surface area contributed by atoms with Gasteiger partial charge in [0.2, 0.25) is 0 Å². The maximum Gasteiger partial charge on any atom is 0.262 e. The second-order valence-corrected chi connectivity index (χ2v) is 7.04. The Bertz CT molecular complexity index is 920. The summed E-state index contributed by atoms with van der Waals surface area (Å²) in [5, 5.41) is 0. The van der Waals surface area contributed by atoms with Crippen LogP contribution in [0.15, 0.2) is 46.8 Å². The molecule has 0 spiro atoms. The highest BCUT2D eigenvalue weighted by Gasteiger charge is 2.19. The molecule has 0 atom stereocenters. The topological polar surface area (TPSA) is 59.1 Å². The molecular weight excluding hydrogens is 311 g/mol. The van der Waals surface area contributed by atoms with Gasteiger partial charge in [0.05, 0.1) is 26.3 Å². The van der Waals surface area contributed by atoms with Gasteiger partial charge in [0.25, 0.3) is 10.0 Å². The number of benzene rings is 2. The lowest BCUT2D eigenvalue weighted by Crippen LogP contribution is -2.14. The van der Waals surface area contributed by atoms with Crippen molar-refractivity contribution in [3.63, 3.8) is 0 Å². The van der Waals surface area contributed by atoms with Crippen LogP contribution in [0.3, 0.4) is 0 Å². The number of nitrogens with one attached hydrogen (secondary N) is 1. The van der Waals surface area contributed by atoms with Gasteiger partial charge < -0.3 is 0 Å². The molecule has 2 aromatic carbocycles. The molecule has 0 fully saturated rings. The van der Waals surface area contributed by atoms with E-state index in [1.165, 1.54) is 36.5 Å². The van der Waals surface area contributed by atoms with Gasteiger partial charge in [-0.1, -0.05) is 6.07 Å². The molecule has 0 bridgehead atoms. The van der Waals surface area contributed by atoms with Gasteiger partial charge in [0.1, 0.15) is 5.82 Å². The number of sulfonamides is 1. The highest BCUT2D eigenvalue weighted by atomic mass is 32.2. The standard InChI is InChI=1S/C14H11FN2O2S2/c1-9-11(15)3-2-4-14(9)21(18,19)17-10-5-6-13-12(7-10)16-8-20-13/h2-8,17H,1H3. The number of hydrogen-bond acceptors (Lipinski definition) is 4. The summed E-state index contributed by atoms with van der Waals surface area (Å²) >= 11 is 1.48. The van der Waals surface area contributed by atoms with Crippen LogP contribution in [0, 0.1) is 12.7 Å². The summed E-state index contributed by atoms with van der Waals surface area (Å²) in [5.74, 6) is -0.548. The van der Waals surface area contributed by atoms with Crippen LogP contribution in [0.5, 0.6) is 0 Å². The molecule has 0 saturated carbocycles. The second kappa shape index (κ2) is 5.09. The van der Waals surface area contributed by atoms with Crippen LogP contribution in [-0.4, -0.2) is 13.4 Å². The fraction of sp³-hybridized carbons (Fsp3) is 0.0714. The van der Waals surface area contributed by atoms with Crippen molar-refractivity contribution in [3.8, 4) is 0 Å². The summed E-state index contributed by atoms with van der Waals surface area (Å²) in [6.07, 6.45) is 0. The first-order valence-electron chi connectivity index (χ1n) is 6.08. The summed E-state index contributed by atoms with van der Waals surface area (Å²) in [6.45, 7) is 1.44. The van der Waals surface area contributed by atoms with Crippen molar-refractivity contribution in [2.24, 2.45) is 0 Å². The zero-order valence-corrected chi connectivity index (χ0v) is 12.6. The molecule has 3 aromatic rings. The average Bonchev–Trinajstić information content (AvgIpc) is 2.88. The smallest absolute Gasteiger partial charge is 0.262 e. The third-order valence-corrected chi connectivity index (χ3v) is 5.43. The molecule has 3 rings (SSSR count). The highest BCUT2D eigenvalue weighted by molar-refractivity contribution is 7.92. The molecule has 0 aliphatic carbocycles. The van der Waals surface area contributed by atoms with E-state index in [1.807, 2.05) is 0 Å². The van der Waals surface area contributed by atoms with Crippen LogP contribution in [-0.2, 0) is 10.0 Å². The molecule has 1 aromatic heterocycles. The number of hydrogen-bond donors (Lipinski definition) is 1. The average molecular weight is 322 g/mol. The van der Waals surface area contributed by atoms with Gasteiger partial charge in [-0.15, -0.1) is 11.3 Å². The Hall–Kier alpha value is -1.99. The van der Waals surface area contributed by atoms with Crippen molar-refractivity contribution in [3.05, 3.63) is 53.3 Å². The van der Waals surface area contributed by atoms with Gasteiger partial charge in [0.15, 0.2) is 0 Å². The van der Waals surface area contributed by atoms with E-state index < -0.39 is 15.8 Å². The number of thiazole rings is 1. The lowest BCUT2D eigenvalue weighted by atomic mass is 10.2. The third-order valence-electron chi connectivity index (χ3n) is 3.09. The normalized spacial score (nSPS) is 11.7. The molecule has 0 aliphatic rings. The van der Waals surface area contributed by atoms with Gasteiger partial charge in [-0.25, -0.2) is 17.8 Å². The van der Waals surface area contributed by atoms with E-state index in [9.17, 15) is 12.8 Å². The van der Waals surface area contributed by atoms with E-state index in [0.29, 0.717) is 5.69 Å². The van der Waals surface area contributed by atoms with Crippen molar-refractivity contribution < 1.29 is 12.8 Å². The minimum absolute atomic E-state index is 0.0686. The first kappa shape index (κ1) is 14.0. The Kier molecular flexibility index (Phi) is 3.38. The van der Waals surface area contributed by atoms with Crippen molar-refractivity contribution in [2.75, 3.05) is 4.72 Å². The Labute approximate surface area is 125 Å². The Morgan fingerprint density at radius 1 is 1.24 bits per heavy atom. The predicted molar refractivity (Wildman–Crippen MR) is 81.6 cm³/mol. The molecular formula is C14H11FN2O2S2. The molecule has 0 aliphatic heterocycles. The molecule has 0 radical (unpaired) electrons. The van der Waals surface area contributed by atoms with E-state index in [0.717, 1.165) is 10.2 Å². The Balaban J connectivity index is 2.00. The molecule has 21 heavy (non-hydrogen) atoms. The number of anilines is 1. The van der Waals surface area contributed by atoms with Crippen molar-refractivity contribution in [1.29, 1.82) is 0 Å². The lowest BCUT2D eigenvalue weighted by molar-refractivity contribution is 0.590. The van der Waals surface area contributed by atoms with Crippen molar-refractivity contribution >= 4 is 37.3 Å². The summed E-state index contributed by atoms with van der Waals surface area (Å²) in [7, 11) is -3.83. The Morgan fingerprint density at radius 2 is 2.05 bits per heavy atom. The van der Waals surface area contributed by atoms with Crippen LogP contribution in [0.4, 0.5) is 10.1 Å². The maximum atomic E-state index is 13.5. The number of halogens is 1. The Morgan fingerprint density at radius 3 is 2.86 bits per heavy atom. The minimum atomic E-state index is -3.83. The van der Waals surface area contributed by atoms with Crippen molar-refractivity contribution in [2.45, 2.75) is 11.8 Å². The monoisotopic (exact) mass is 322 g/mol. The highest BCUT2D eigenvalue weighted by Crippen LogP contribution is 2.25. The molecule has 1 N–H and O–H groups in total. The summed E-state index contributed by atoms with van der Waals surface area (Å²) in [4.78, 5) is 4.07. The number of fused-ring (bicyclic) bond motifs is 1. The van der Waals surface area contributed by atoms with Crippen LogP contribution < -0.4 is 4.72 Å². The molecule has 4 nitrogen and oxygen atoms in total. The van der Waals surface area contributed by atoms with Gasteiger partial charge in [0, 0.05) is 5.56 Å². The van der Waals surface area contributed by atoms with E-state index in [-0.39, 0.29) is 10.5 Å². The third kappa shape index (κ3) is 2.62. The molecule has 0 saturated heterocycles. The van der Waals surface area contributed by atoms with Crippen LogP contribution >= 0.6 is 11.3 Å². The number of rotatable bonds is 3. The van der Waals surface area contributed by atoms with E-state index >= 15 is 0 Å². The van der Waals surface area contributed by atoms with Crippen LogP contribution in [0.1, 0.15) is 5.56 Å². The van der Waals surface area contributed by atoms with E-state index in [4.69, 9.17) is 0 Å². The fourth-order valence-electron chi connectivity index (χ4n) is 2.01. The fourth-order valence-corrected chi connectivity index (χ4v) is 3.97. The second-order valence-electron chi connectivity index (χ2n) is 4.50. The van der Waals surface area contributed by atoms with Gasteiger partial charge in [-0.05, 0) is 37.3 Å². The molecule has 108 valence electrons. The number of nitrogens with zero attached hydrogens (tertiary/aromatic N) is 1. The summed E-state index contributed by atoms with van der Waals surface area (Å²) in [5.41, 5.74) is 2.91. The number of aromatic nitrogens is 1. The van der Waals surface area contributed by atoms with Gasteiger partial charge in [-0.2, -0.15) is 0 Å². The zero-order valence-electron chi connectivity index (χ0n) is 11.0. The SMILES string of the molecule is Cc1c(F)cccc1S(=O)(=O)Nc1ccc2scnc2c1. The van der Waals surface area contributed by atoms with E-state index in [2.05, 4.69) is 9.71 Å². The molecule has 0 amide bonds. The molecule has 1 heterocycles. The van der Waals surface area contributed by atoms with E-state index in [1.54, 1.807) is 23.7 Å². The first-order chi connectivity index (χ1) is 9.97. The maximum absolute atomic E-state index is 13.5. The largest absolute Gasteiger partial charge is 0.280 e. The van der Waals surface area contributed by atoms with Gasteiger partial charge in [-0.3, -0.25) is 4.72 Å². The van der Waals surface area contributed by atoms with Crippen LogP contribution in [0.2, 0.25) is 0 Å². The molecule has 0 unspecified atom stereocenters. The summed E-state index contributed by atoms with van der Waals surface area (Å²) < 4.78 is 41.6. The first-order valence-corrected chi connectivity index (χ1v) is 8.45. The zero-order chi connectivity index (χ0) is 15.0. The van der Waals surface area contributed by atoms with Crippen molar-refractivity contribution in [1.82, 2.24) is 4.98 Å². The quantitative estimate of drug-likeness (QED) is 0.802. The predicted octanol–water partition coefficient (Wildman–Crippen LogP) is 3.54. The minimum Gasteiger partial charge on any atom is -0.280 e. The summed E-state index contributed by atoms with van der Waals surface area (Å²) in [6, 6.07) is 9.09. The van der Waals surface area contributed by atoms with Crippen LogP contribution in [0.25, 0.3) is 10.2 Å². The molecule has 7 heteroatoms.